The Balaban J connectivity index is 2.15. The summed E-state index contributed by atoms with van der Waals surface area (Å²) in [7, 11) is 0. The molecule has 4 N–H and O–H groups in total. The normalized spacial score (nSPS) is 9.76. The van der Waals surface area contributed by atoms with Gasteiger partial charge in [0.15, 0.2) is 0 Å². The zero-order chi connectivity index (χ0) is 15.7. The van der Waals surface area contributed by atoms with E-state index >= 15 is 0 Å². The number of nitrogens with one attached hydrogen (secondary N) is 3. The van der Waals surface area contributed by atoms with Gasteiger partial charge in [-0.2, -0.15) is 0 Å². The minimum Gasteiger partial charge on any atom is -0.480 e. The maximum absolute atomic E-state index is 12.7. The van der Waals surface area contributed by atoms with Crippen molar-refractivity contribution >= 4 is 17.9 Å². The molecule has 3 amide bonds. The monoisotopic (exact) mass is 297 g/mol. The summed E-state index contributed by atoms with van der Waals surface area (Å²) < 4.78 is 12.7. The molecule has 0 fully saturated rings. The summed E-state index contributed by atoms with van der Waals surface area (Å²) in [4.78, 5) is 32.7. The molecule has 114 valence electrons. The summed E-state index contributed by atoms with van der Waals surface area (Å²) in [5.74, 6) is -2.07. The maximum atomic E-state index is 12.7. The van der Waals surface area contributed by atoms with E-state index in [0.717, 1.165) is 5.56 Å². The topological polar surface area (TPSA) is 108 Å². The molecular formula is C13H16FN3O4. The third kappa shape index (κ3) is 7.51. The molecule has 0 bridgehead atoms. The van der Waals surface area contributed by atoms with Gasteiger partial charge in [-0.3, -0.25) is 9.59 Å². The van der Waals surface area contributed by atoms with Gasteiger partial charge in [-0.05, 0) is 24.1 Å². The van der Waals surface area contributed by atoms with Crippen LogP contribution in [0.2, 0.25) is 0 Å². The van der Waals surface area contributed by atoms with E-state index in [1.165, 1.54) is 12.1 Å². The molecule has 7 nitrogen and oxygen atoms in total. The number of halogens is 1. The molecule has 0 aliphatic carbocycles. The highest BCUT2D eigenvalue weighted by atomic mass is 19.1. The Morgan fingerprint density at radius 1 is 1.00 bits per heavy atom. The molecule has 0 atom stereocenters. The highest BCUT2D eigenvalue weighted by Gasteiger charge is 2.06. The van der Waals surface area contributed by atoms with Crippen molar-refractivity contribution in [2.24, 2.45) is 0 Å². The van der Waals surface area contributed by atoms with E-state index in [9.17, 15) is 18.8 Å². The van der Waals surface area contributed by atoms with Crippen molar-refractivity contribution in [2.45, 2.75) is 6.42 Å². The van der Waals surface area contributed by atoms with Crippen molar-refractivity contribution in [1.29, 1.82) is 0 Å². The molecule has 1 aromatic rings. The Bertz CT molecular complexity index is 505. The molecule has 21 heavy (non-hydrogen) atoms. The molecular weight excluding hydrogens is 281 g/mol. The van der Waals surface area contributed by atoms with Crippen molar-refractivity contribution in [1.82, 2.24) is 16.0 Å². The largest absolute Gasteiger partial charge is 0.480 e. The summed E-state index contributed by atoms with van der Waals surface area (Å²) in [5, 5.41) is 15.3. The lowest BCUT2D eigenvalue weighted by atomic mass is 10.1. The van der Waals surface area contributed by atoms with Crippen LogP contribution in [0, 0.1) is 5.82 Å². The van der Waals surface area contributed by atoms with Crippen LogP contribution >= 0.6 is 0 Å². The first-order valence-electron chi connectivity index (χ1n) is 6.22. The fourth-order valence-corrected chi connectivity index (χ4v) is 1.43. The lowest BCUT2D eigenvalue weighted by molar-refractivity contribution is -0.137. The fourth-order valence-electron chi connectivity index (χ4n) is 1.43. The van der Waals surface area contributed by atoms with Crippen molar-refractivity contribution in [2.75, 3.05) is 19.6 Å². The summed E-state index contributed by atoms with van der Waals surface area (Å²) >= 11 is 0. The second kappa shape index (κ2) is 8.51. The van der Waals surface area contributed by atoms with E-state index in [1.807, 2.05) is 0 Å². The van der Waals surface area contributed by atoms with Gasteiger partial charge in [-0.1, -0.05) is 12.1 Å². The molecule has 1 aromatic carbocycles. The molecule has 0 unspecified atom stereocenters. The van der Waals surface area contributed by atoms with Crippen LogP contribution in [0.3, 0.4) is 0 Å². The van der Waals surface area contributed by atoms with Gasteiger partial charge in [0.2, 0.25) is 5.91 Å². The standard InChI is InChI=1S/C13H16FN3O4/c14-10-3-1-9(2-4-10)5-6-15-13(21)17-7-11(18)16-8-12(19)20/h1-4H,5-8H2,(H,16,18)(H,19,20)(H2,15,17,21). The van der Waals surface area contributed by atoms with Gasteiger partial charge in [0, 0.05) is 6.54 Å². The third-order valence-electron chi connectivity index (χ3n) is 2.46. The molecule has 0 radical (unpaired) electrons. The number of urea groups is 1. The van der Waals surface area contributed by atoms with E-state index in [-0.39, 0.29) is 12.4 Å². The van der Waals surface area contributed by atoms with E-state index < -0.39 is 24.5 Å². The van der Waals surface area contributed by atoms with Crippen LogP contribution in [-0.4, -0.2) is 42.6 Å². The first-order chi connectivity index (χ1) is 9.97. The van der Waals surface area contributed by atoms with Crippen LogP contribution in [0.4, 0.5) is 9.18 Å². The van der Waals surface area contributed by atoms with Gasteiger partial charge < -0.3 is 21.1 Å². The number of carboxylic acids is 1. The van der Waals surface area contributed by atoms with Crippen molar-refractivity contribution in [3.05, 3.63) is 35.6 Å². The zero-order valence-corrected chi connectivity index (χ0v) is 11.2. The van der Waals surface area contributed by atoms with Gasteiger partial charge in [0.25, 0.3) is 0 Å². The Hall–Kier alpha value is -2.64. The Morgan fingerprint density at radius 3 is 2.29 bits per heavy atom. The Morgan fingerprint density at radius 2 is 1.67 bits per heavy atom. The number of rotatable bonds is 7. The molecule has 0 aliphatic rings. The second-order valence-electron chi connectivity index (χ2n) is 4.16. The lowest BCUT2D eigenvalue weighted by Crippen LogP contribution is -2.43. The smallest absolute Gasteiger partial charge is 0.322 e. The first-order valence-corrected chi connectivity index (χ1v) is 6.22. The number of aliphatic carboxylic acids is 1. The molecule has 0 saturated heterocycles. The highest BCUT2D eigenvalue weighted by Crippen LogP contribution is 2.02. The first kappa shape index (κ1) is 16.4. The maximum Gasteiger partial charge on any atom is 0.322 e. The second-order valence-corrected chi connectivity index (χ2v) is 4.16. The molecule has 0 aliphatic heterocycles. The van der Waals surface area contributed by atoms with Gasteiger partial charge >= 0.3 is 12.0 Å². The minimum atomic E-state index is -1.16. The average Bonchev–Trinajstić information content (AvgIpc) is 2.45. The summed E-state index contributed by atoms with van der Waals surface area (Å²) in [5.41, 5.74) is 0.871. The number of carbonyl (C=O) groups is 3. The number of benzene rings is 1. The predicted octanol–water partition coefficient (Wildman–Crippen LogP) is -0.132. The van der Waals surface area contributed by atoms with E-state index in [2.05, 4.69) is 16.0 Å². The number of hydrogen-bond donors (Lipinski definition) is 4. The molecule has 0 heterocycles. The predicted molar refractivity (Wildman–Crippen MR) is 72.2 cm³/mol. The fraction of sp³-hybridized carbons (Fsp3) is 0.308. The van der Waals surface area contributed by atoms with Gasteiger partial charge in [-0.15, -0.1) is 0 Å². The molecule has 0 saturated carbocycles. The quantitative estimate of drug-likeness (QED) is 0.562. The van der Waals surface area contributed by atoms with Crippen LogP contribution in [-0.2, 0) is 16.0 Å². The van der Waals surface area contributed by atoms with Crippen LogP contribution in [0.5, 0.6) is 0 Å². The number of carbonyl (C=O) groups excluding carboxylic acids is 2. The molecule has 0 aromatic heterocycles. The SMILES string of the molecule is O=C(O)CNC(=O)CNC(=O)NCCc1ccc(F)cc1. The number of hydrogen-bond acceptors (Lipinski definition) is 3. The van der Waals surface area contributed by atoms with Crippen LogP contribution < -0.4 is 16.0 Å². The average molecular weight is 297 g/mol. The van der Waals surface area contributed by atoms with E-state index in [0.29, 0.717) is 13.0 Å². The van der Waals surface area contributed by atoms with E-state index in [1.54, 1.807) is 12.1 Å². The van der Waals surface area contributed by atoms with Gasteiger partial charge in [-0.25, -0.2) is 9.18 Å². The van der Waals surface area contributed by atoms with Gasteiger partial charge in [0.1, 0.15) is 12.4 Å². The molecule has 8 heteroatoms. The van der Waals surface area contributed by atoms with Crippen molar-refractivity contribution < 1.29 is 23.9 Å². The summed E-state index contributed by atoms with van der Waals surface area (Å²) in [6.45, 7) is -0.476. The minimum absolute atomic E-state index is 0.310. The van der Waals surface area contributed by atoms with Crippen molar-refractivity contribution in [3.63, 3.8) is 0 Å². The molecule has 1 rings (SSSR count). The number of carboxylic acid groups (broad SMARTS) is 1. The van der Waals surface area contributed by atoms with E-state index in [4.69, 9.17) is 5.11 Å². The third-order valence-corrected chi connectivity index (χ3v) is 2.46. The van der Waals surface area contributed by atoms with Crippen LogP contribution in [0.1, 0.15) is 5.56 Å². The molecule has 0 spiro atoms. The number of amides is 3. The van der Waals surface area contributed by atoms with Crippen molar-refractivity contribution in [3.8, 4) is 0 Å². The summed E-state index contributed by atoms with van der Waals surface area (Å²) in [6, 6.07) is 5.37. The van der Waals surface area contributed by atoms with Gasteiger partial charge in [0.05, 0.1) is 6.54 Å². The summed E-state index contributed by atoms with van der Waals surface area (Å²) in [6.07, 6.45) is 0.527. The lowest BCUT2D eigenvalue weighted by Gasteiger charge is -2.07. The Kier molecular flexibility index (Phi) is 6.66. The highest BCUT2D eigenvalue weighted by molar-refractivity contribution is 5.86. The van der Waals surface area contributed by atoms with Crippen LogP contribution in [0.15, 0.2) is 24.3 Å². The zero-order valence-electron chi connectivity index (χ0n) is 11.2. The Labute approximate surface area is 120 Å². The van der Waals surface area contributed by atoms with Crippen LogP contribution in [0.25, 0.3) is 0 Å².